The third-order valence-electron chi connectivity index (χ3n) is 7.92. The van der Waals surface area contributed by atoms with Gasteiger partial charge in [0, 0.05) is 12.8 Å². The van der Waals surface area contributed by atoms with Crippen LogP contribution in [0.25, 0.3) is 0 Å². The summed E-state index contributed by atoms with van der Waals surface area (Å²) in [6, 6.07) is 2.51. The molecule has 0 aromatic rings. The number of fused-ring (bicyclic) bond motifs is 5. The molecule has 118 valence electrons. The fourth-order valence-electron chi connectivity index (χ4n) is 6.82. The Hall–Kier alpha value is -1.10. The molecule has 0 radical (unpaired) electrons. The molecule has 0 unspecified atom stereocenters. The summed E-state index contributed by atoms with van der Waals surface area (Å²) >= 11 is 0. The molecule has 4 rings (SSSR count). The third-order valence-corrected chi connectivity index (χ3v) is 7.92. The van der Waals surface area contributed by atoms with E-state index in [1.807, 2.05) is 6.08 Å². The van der Waals surface area contributed by atoms with Gasteiger partial charge in [-0.05, 0) is 79.6 Å². The summed E-state index contributed by atoms with van der Waals surface area (Å²) in [6.07, 6.45) is 13.5. The molecule has 5 atom stereocenters. The predicted octanol–water partition coefficient (Wildman–Crippen LogP) is 4.80. The molecular weight excluding hydrogens is 270 g/mol. The Morgan fingerprint density at radius 2 is 2.05 bits per heavy atom. The molecule has 4 aliphatic rings. The fraction of sp³-hybridized carbons (Fsp3) is 0.800. The summed E-state index contributed by atoms with van der Waals surface area (Å²) in [5.74, 6) is 2.69. The summed E-state index contributed by atoms with van der Waals surface area (Å²) in [4.78, 5) is 11.8. The van der Waals surface area contributed by atoms with Crippen molar-refractivity contribution in [3.63, 3.8) is 0 Å². The number of carbonyl (C=O) groups is 1. The SMILES string of the molecule is C[C@]12CCC(=O)C=C1CC[C@H]1[C@@H]3CCC[C@@]3(CC#N)CC[C@@H]12. The van der Waals surface area contributed by atoms with Gasteiger partial charge in [0.2, 0.25) is 0 Å². The topological polar surface area (TPSA) is 40.9 Å². The summed E-state index contributed by atoms with van der Waals surface area (Å²) in [5.41, 5.74) is 2.08. The van der Waals surface area contributed by atoms with Crippen molar-refractivity contribution in [3.05, 3.63) is 11.6 Å². The van der Waals surface area contributed by atoms with Crippen molar-refractivity contribution in [3.8, 4) is 6.07 Å². The molecule has 4 aliphatic carbocycles. The van der Waals surface area contributed by atoms with Gasteiger partial charge >= 0.3 is 0 Å². The number of allylic oxidation sites excluding steroid dienone is 1. The van der Waals surface area contributed by atoms with Crippen molar-refractivity contribution in [2.75, 3.05) is 0 Å². The quantitative estimate of drug-likeness (QED) is 0.697. The Bertz CT molecular complexity index is 571. The number of rotatable bonds is 1. The number of nitriles is 1. The first-order chi connectivity index (χ1) is 10.6. The zero-order chi connectivity index (χ0) is 15.4. The molecule has 3 fully saturated rings. The van der Waals surface area contributed by atoms with Crippen molar-refractivity contribution in [1.29, 1.82) is 5.26 Å². The molecule has 2 heteroatoms. The lowest BCUT2D eigenvalue weighted by Gasteiger charge is -2.57. The zero-order valence-corrected chi connectivity index (χ0v) is 13.7. The maximum atomic E-state index is 11.8. The van der Waals surface area contributed by atoms with Crippen LogP contribution in [0.1, 0.15) is 71.1 Å². The maximum absolute atomic E-state index is 11.8. The summed E-state index contributed by atoms with van der Waals surface area (Å²) in [5, 5.41) is 9.33. The molecule has 22 heavy (non-hydrogen) atoms. The van der Waals surface area contributed by atoms with Crippen LogP contribution in [0.15, 0.2) is 11.6 Å². The predicted molar refractivity (Wildman–Crippen MR) is 85.9 cm³/mol. The van der Waals surface area contributed by atoms with Gasteiger partial charge in [-0.2, -0.15) is 5.26 Å². The monoisotopic (exact) mass is 297 g/mol. The van der Waals surface area contributed by atoms with Gasteiger partial charge in [-0.1, -0.05) is 18.9 Å². The summed E-state index contributed by atoms with van der Waals surface area (Å²) < 4.78 is 0. The van der Waals surface area contributed by atoms with Crippen LogP contribution >= 0.6 is 0 Å². The molecule has 0 N–H and O–H groups in total. The second-order valence-corrected chi connectivity index (χ2v) is 8.60. The van der Waals surface area contributed by atoms with Crippen LogP contribution < -0.4 is 0 Å². The largest absolute Gasteiger partial charge is 0.295 e. The van der Waals surface area contributed by atoms with E-state index in [2.05, 4.69) is 13.0 Å². The second kappa shape index (κ2) is 4.95. The summed E-state index contributed by atoms with van der Waals surface area (Å²) in [6.45, 7) is 2.44. The molecule has 0 bridgehead atoms. The van der Waals surface area contributed by atoms with E-state index in [0.717, 1.165) is 43.4 Å². The number of carbonyl (C=O) groups excluding carboxylic acids is 1. The molecule has 0 aromatic carbocycles. The highest BCUT2D eigenvalue weighted by Crippen LogP contribution is 2.66. The highest BCUT2D eigenvalue weighted by atomic mass is 16.1. The lowest BCUT2D eigenvalue weighted by Crippen LogP contribution is -2.50. The van der Waals surface area contributed by atoms with Gasteiger partial charge in [0.1, 0.15) is 0 Å². The van der Waals surface area contributed by atoms with Crippen molar-refractivity contribution in [1.82, 2.24) is 0 Å². The maximum Gasteiger partial charge on any atom is 0.155 e. The highest BCUT2D eigenvalue weighted by molar-refractivity contribution is 5.91. The van der Waals surface area contributed by atoms with Gasteiger partial charge in [-0.25, -0.2) is 0 Å². The lowest BCUT2D eigenvalue weighted by atomic mass is 9.47. The van der Waals surface area contributed by atoms with Crippen LogP contribution in [0.4, 0.5) is 0 Å². The number of hydrogen-bond acceptors (Lipinski definition) is 2. The lowest BCUT2D eigenvalue weighted by molar-refractivity contribution is -0.117. The average molecular weight is 297 g/mol. The van der Waals surface area contributed by atoms with Gasteiger partial charge in [-0.15, -0.1) is 0 Å². The third kappa shape index (κ3) is 1.87. The van der Waals surface area contributed by atoms with Gasteiger partial charge in [0.05, 0.1) is 6.07 Å². The Morgan fingerprint density at radius 1 is 1.18 bits per heavy atom. The molecule has 0 aromatic heterocycles. The minimum Gasteiger partial charge on any atom is -0.295 e. The van der Waals surface area contributed by atoms with Crippen molar-refractivity contribution < 1.29 is 4.79 Å². The van der Waals surface area contributed by atoms with E-state index in [4.69, 9.17) is 0 Å². The van der Waals surface area contributed by atoms with E-state index in [0.29, 0.717) is 11.2 Å². The molecule has 0 aliphatic heterocycles. The Morgan fingerprint density at radius 3 is 2.86 bits per heavy atom. The average Bonchev–Trinajstić information content (AvgIpc) is 2.92. The minimum atomic E-state index is 0.276. The van der Waals surface area contributed by atoms with E-state index < -0.39 is 0 Å². The fourth-order valence-corrected chi connectivity index (χ4v) is 6.82. The van der Waals surface area contributed by atoms with Gasteiger partial charge in [-0.3, -0.25) is 4.79 Å². The molecule has 0 spiro atoms. The minimum absolute atomic E-state index is 0.276. The van der Waals surface area contributed by atoms with Crippen LogP contribution in [-0.4, -0.2) is 5.78 Å². The van der Waals surface area contributed by atoms with Crippen LogP contribution in [0.5, 0.6) is 0 Å². The number of hydrogen-bond donors (Lipinski definition) is 0. The first-order valence-corrected chi connectivity index (χ1v) is 9.20. The standard InChI is InChI=1S/C20H27NO/c1-19-9-6-15(22)13-14(19)4-5-16-17(19)7-10-20(11-12-21)8-2-3-18(16)20/h13,16-18H,2-11H2,1H3/t16-,17+,18+,19+,20+/m1/s1. The van der Waals surface area contributed by atoms with Crippen molar-refractivity contribution in [2.45, 2.75) is 71.1 Å². The van der Waals surface area contributed by atoms with Crippen molar-refractivity contribution >= 4 is 5.78 Å². The van der Waals surface area contributed by atoms with Crippen LogP contribution in [-0.2, 0) is 4.79 Å². The first-order valence-electron chi connectivity index (χ1n) is 9.20. The Labute approximate surface area is 134 Å². The molecule has 0 heterocycles. The van der Waals surface area contributed by atoms with Gasteiger partial charge < -0.3 is 0 Å². The molecule has 0 saturated heterocycles. The number of ketones is 1. The molecule has 0 amide bonds. The number of nitrogens with zero attached hydrogens (tertiary/aromatic N) is 1. The Kier molecular flexibility index (Phi) is 3.26. The molecule has 2 nitrogen and oxygen atoms in total. The second-order valence-electron chi connectivity index (χ2n) is 8.60. The smallest absolute Gasteiger partial charge is 0.155 e. The zero-order valence-electron chi connectivity index (χ0n) is 13.7. The van der Waals surface area contributed by atoms with Crippen molar-refractivity contribution in [2.24, 2.45) is 28.6 Å². The molecule has 3 saturated carbocycles. The van der Waals surface area contributed by atoms with Gasteiger partial charge in [0.25, 0.3) is 0 Å². The first kappa shape index (κ1) is 14.5. The van der Waals surface area contributed by atoms with Crippen LogP contribution in [0.2, 0.25) is 0 Å². The van der Waals surface area contributed by atoms with E-state index in [1.165, 1.54) is 44.1 Å². The van der Waals surface area contributed by atoms with Crippen LogP contribution in [0, 0.1) is 39.9 Å². The Balaban J connectivity index is 1.67. The molecular formula is C20H27NO. The normalized spacial score (nSPS) is 47.0. The van der Waals surface area contributed by atoms with E-state index in [9.17, 15) is 10.1 Å². The highest BCUT2D eigenvalue weighted by Gasteiger charge is 2.57. The summed E-state index contributed by atoms with van der Waals surface area (Å²) in [7, 11) is 0. The van der Waals surface area contributed by atoms with Crippen LogP contribution in [0.3, 0.4) is 0 Å². The van der Waals surface area contributed by atoms with E-state index in [-0.39, 0.29) is 5.41 Å². The van der Waals surface area contributed by atoms with E-state index >= 15 is 0 Å². The van der Waals surface area contributed by atoms with E-state index in [1.54, 1.807) is 0 Å². The van der Waals surface area contributed by atoms with Gasteiger partial charge in [0.15, 0.2) is 5.78 Å².